The summed E-state index contributed by atoms with van der Waals surface area (Å²) in [5.41, 5.74) is 3.76. The topological polar surface area (TPSA) is 82.1 Å². The molecular formula is C32H39NO6S. The normalized spacial score (nSPS) is 16.8. The molecule has 0 amide bonds. The molecule has 1 saturated carbocycles. The van der Waals surface area contributed by atoms with Gasteiger partial charge in [0.05, 0.1) is 14.2 Å². The fourth-order valence-corrected chi connectivity index (χ4v) is 6.50. The Hall–Kier alpha value is -3.36. The summed E-state index contributed by atoms with van der Waals surface area (Å²) in [6.07, 6.45) is 2.26. The SMILES string of the molecule is CC.COc1cc(OC)cc(C(CC(=O)C2CC2)c2ccc(C)c(CN3CCOc4ccccc4S3(=O)=O)c2)c1. The summed E-state index contributed by atoms with van der Waals surface area (Å²) in [5.74, 6) is 1.87. The van der Waals surface area contributed by atoms with Gasteiger partial charge in [-0.1, -0.05) is 44.2 Å². The average Bonchev–Trinajstić information content (AvgIpc) is 3.83. The van der Waals surface area contributed by atoms with Crippen LogP contribution in [0.15, 0.2) is 65.6 Å². The van der Waals surface area contributed by atoms with Crippen molar-refractivity contribution in [2.45, 2.75) is 57.4 Å². The number of para-hydroxylation sites is 1. The number of ketones is 1. The molecule has 1 aliphatic heterocycles. The molecule has 8 heteroatoms. The van der Waals surface area contributed by atoms with Crippen LogP contribution in [-0.4, -0.2) is 45.9 Å². The molecule has 1 unspecified atom stereocenters. The van der Waals surface area contributed by atoms with E-state index in [4.69, 9.17) is 14.2 Å². The third kappa shape index (κ3) is 6.50. The van der Waals surface area contributed by atoms with Crippen LogP contribution in [0.25, 0.3) is 0 Å². The Morgan fingerprint density at radius 2 is 1.65 bits per heavy atom. The molecule has 0 spiro atoms. The Bertz CT molecular complexity index is 1430. The average molecular weight is 566 g/mol. The minimum Gasteiger partial charge on any atom is -0.497 e. The minimum absolute atomic E-state index is 0.136. The molecule has 3 aromatic carbocycles. The maximum Gasteiger partial charge on any atom is 0.247 e. The second-order valence-electron chi connectivity index (χ2n) is 9.96. The van der Waals surface area contributed by atoms with Crippen LogP contribution >= 0.6 is 0 Å². The lowest BCUT2D eigenvalue weighted by Crippen LogP contribution is -2.32. The number of ether oxygens (including phenoxy) is 3. The number of fused-ring (bicyclic) bond motifs is 1. The van der Waals surface area contributed by atoms with Gasteiger partial charge in [0.1, 0.15) is 34.5 Å². The fourth-order valence-electron chi connectivity index (χ4n) is 4.96. The van der Waals surface area contributed by atoms with Crippen molar-refractivity contribution in [1.29, 1.82) is 0 Å². The predicted octanol–water partition coefficient (Wildman–Crippen LogP) is 6.12. The number of sulfonamides is 1. The third-order valence-electron chi connectivity index (χ3n) is 7.40. The van der Waals surface area contributed by atoms with Gasteiger partial charge in [-0.25, -0.2) is 8.42 Å². The van der Waals surface area contributed by atoms with Gasteiger partial charge in [0.2, 0.25) is 10.0 Å². The van der Waals surface area contributed by atoms with Crippen molar-refractivity contribution in [3.05, 3.63) is 82.9 Å². The quantitative estimate of drug-likeness (QED) is 0.311. The maximum absolute atomic E-state index is 13.5. The number of carbonyl (C=O) groups is 1. The van der Waals surface area contributed by atoms with Gasteiger partial charge in [0, 0.05) is 37.4 Å². The second-order valence-corrected chi connectivity index (χ2v) is 11.9. The molecule has 0 radical (unpaired) electrons. The highest BCUT2D eigenvalue weighted by Crippen LogP contribution is 2.39. The summed E-state index contributed by atoms with van der Waals surface area (Å²) in [6.45, 7) is 6.71. The Balaban J connectivity index is 0.00000181. The van der Waals surface area contributed by atoms with Crippen molar-refractivity contribution >= 4 is 15.8 Å². The second kappa shape index (κ2) is 12.9. The molecule has 7 nitrogen and oxygen atoms in total. The van der Waals surface area contributed by atoms with Gasteiger partial charge in [0.15, 0.2) is 0 Å². The standard InChI is InChI=1S/C30H33NO6S.C2H6/c1-20-8-9-22(14-24(20)19-31-12-13-37-29-6-4-5-7-30(29)38(31,33)34)27(18-28(32)21-10-11-21)23-15-25(35-2)17-26(16-23)36-3;1-2/h4-9,14-17,21,27H,10-13,18-19H2,1-3H3;1-2H3. The number of rotatable bonds is 9. The van der Waals surface area contributed by atoms with E-state index < -0.39 is 10.0 Å². The summed E-state index contributed by atoms with van der Waals surface area (Å²) in [7, 11) is -0.523. The third-order valence-corrected chi connectivity index (χ3v) is 9.29. The van der Waals surface area contributed by atoms with Crippen molar-refractivity contribution in [1.82, 2.24) is 4.31 Å². The van der Waals surface area contributed by atoms with E-state index in [0.29, 0.717) is 23.7 Å². The number of aryl methyl sites for hydroxylation is 1. The summed E-state index contributed by atoms with van der Waals surface area (Å²) < 4.78 is 45.3. The Kier molecular flexibility index (Phi) is 9.53. The number of methoxy groups -OCH3 is 2. The van der Waals surface area contributed by atoms with E-state index in [1.54, 1.807) is 38.5 Å². The zero-order chi connectivity index (χ0) is 28.9. The van der Waals surface area contributed by atoms with Crippen LogP contribution in [0.2, 0.25) is 0 Å². The molecular weight excluding hydrogens is 526 g/mol. The van der Waals surface area contributed by atoms with Gasteiger partial charge >= 0.3 is 0 Å². The van der Waals surface area contributed by atoms with Gasteiger partial charge in [-0.2, -0.15) is 4.31 Å². The number of benzene rings is 3. The van der Waals surface area contributed by atoms with Crippen LogP contribution < -0.4 is 14.2 Å². The summed E-state index contributed by atoms with van der Waals surface area (Å²) in [4.78, 5) is 13.2. The fraction of sp³-hybridized carbons (Fsp3) is 0.406. The largest absolute Gasteiger partial charge is 0.497 e. The lowest BCUT2D eigenvalue weighted by molar-refractivity contribution is -0.120. The predicted molar refractivity (Wildman–Crippen MR) is 156 cm³/mol. The smallest absolute Gasteiger partial charge is 0.247 e. The van der Waals surface area contributed by atoms with Crippen LogP contribution in [0.1, 0.15) is 61.3 Å². The summed E-state index contributed by atoms with van der Waals surface area (Å²) in [5, 5.41) is 0. The first-order valence-corrected chi connectivity index (χ1v) is 15.3. The number of nitrogens with zero attached hydrogens (tertiary/aromatic N) is 1. The van der Waals surface area contributed by atoms with E-state index in [0.717, 1.165) is 35.1 Å². The molecule has 2 aliphatic rings. The van der Waals surface area contributed by atoms with Crippen molar-refractivity contribution in [3.8, 4) is 17.2 Å². The van der Waals surface area contributed by atoms with Crippen LogP contribution in [0, 0.1) is 12.8 Å². The lowest BCUT2D eigenvalue weighted by Gasteiger charge is -2.23. The van der Waals surface area contributed by atoms with Crippen LogP contribution in [0.4, 0.5) is 0 Å². The first kappa shape index (κ1) is 29.6. The lowest BCUT2D eigenvalue weighted by atomic mass is 9.84. The number of hydrogen-bond donors (Lipinski definition) is 0. The number of Topliss-reactive ketones (excluding diaryl/α,β-unsaturated/α-hetero) is 1. The van der Waals surface area contributed by atoms with Gasteiger partial charge in [-0.15, -0.1) is 0 Å². The van der Waals surface area contributed by atoms with Crippen LogP contribution in [0.5, 0.6) is 17.2 Å². The van der Waals surface area contributed by atoms with E-state index in [2.05, 4.69) is 0 Å². The molecule has 1 aliphatic carbocycles. The molecule has 0 saturated heterocycles. The Labute approximate surface area is 238 Å². The molecule has 5 rings (SSSR count). The van der Waals surface area contributed by atoms with E-state index in [1.807, 2.05) is 57.2 Å². The Morgan fingerprint density at radius 3 is 2.30 bits per heavy atom. The van der Waals surface area contributed by atoms with E-state index in [-0.39, 0.29) is 42.2 Å². The van der Waals surface area contributed by atoms with E-state index in [9.17, 15) is 13.2 Å². The van der Waals surface area contributed by atoms with E-state index >= 15 is 0 Å². The molecule has 0 aromatic heterocycles. The summed E-state index contributed by atoms with van der Waals surface area (Å²) in [6, 6.07) is 18.5. The Morgan fingerprint density at radius 1 is 0.975 bits per heavy atom. The first-order chi connectivity index (χ1) is 19.3. The highest BCUT2D eigenvalue weighted by Gasteiger charge is 2.33. The number of carbonyl (C=O) groups excluding carboxylic acids is 1. The van der Waals surface area contributed by atoms with Crippen molar-refractivity contribution in [2.24, 2.45) is 5.92 Å². The molecule has 0 bridgehead atoms. The molecule has 1 atom stereocenters. The molecule has 3 aromatic rings. The molecule has 0 N–H and O–H groups in total. The van der Waals surface area contributed by atoms with Crippen LogP contribution in [-0.2, 0) is 21.4 Å². The monoisotopic (exact) mass is 565 g/mol. The highest BCUT2D eigenvalue weighted by atomic mass is 32.2. The first-order valence-electron chi connectivity index (χ1n) is 13.9. The minimum atomic E-state index is -3.74. The van der Waals surface area contributed by atoms with Gasteiger partial charge in [0.25, 0.3) is 0 Å². The van der Waals surface area contributed by atoms with Crippen LogP contribution in [0.3, 0.4) is 0 Å². The van der Waals surface area contributed by atoms with E-state index in [1.165, 1.54) is 4.31 Å². The highest BCUT2D eigenvalue weighted by molar-refractivity contribution is 7.89. The summed E-state index contributed by atoms with van der Waals surface area (Å²) >= 11 is 0. The van der Waals surface area contributed by atoms with Crippen molar-refractivity contribution in [3.63, 3.8) is 0 Å². The maximum atomic E-state index is 13.5. The zero-order valence-corrected chi connectivity index (χ0v) is 24.8. The molecule has 1 fully saturated rings. The zero-order valence-electron chi connectivity index (χ0n) is 24.0. The number of hydrogen-bond acceptors (Lipinski definition) is 6. The molecule has 40 heavy (non-hydrogen) atoms. The van der Waals surface area contributed by atoms with Gasteiger partial charge < -0.3 is 14.2 Å². The van der Waals surface area contributed by atoms with Crippen molar-refractivity contribution < 1.29 is 27.4 Å². The molecule has 1 heterocycles. The van der Waals surface area contributed by atoms with Gasteiger partial charge in [-0.05, 0) is 66.3 Å². The van der Waals surface area contributed by atoms with Crippen molar-refractivity contribution in [2.75, 3.05) is 27.4 Å². The van der Waals surface area contributed by atoms with Gasteiger partial charge in [-0.3, -0.25) is 4.79 Å². The molecule has 214 valence electrons.